The monoisotopic (exact) mass is 353 g/mol. The Hall–Kier alpha value is -1.41. The van der Waals surface area contributed by atoms with Crippen molar-refractivity contribution in [1.82, 2.24) is 4.31 Å². The van der Waals surface area contributed by atoms with Crippen LogP contribution in [0.2, 0.25) is 0 Å². The number of thiophene rings is 1. The molecule has 0 aliphatic carbocycles. The first-order chi connectivity index (χ1) is 11.0. The number of methoxy groups -OCH3 is 1. The molecule has 1 aliphatic rings. The fourth-order valence-corrected chi connectivity index (χ4v) is 5.40. The van der Waals surface area contributed by atoms with Gasteiger partial charge in [-0.1, -0.05) is 12.1 Å². The van der Waals surface area contributed by atoms with Crippen LogP contribution >= 0.6 is 11.3 Å². The van der Waals surface area contributed by atoms with Crippen molar-refractivity contribution in [3.63, 3.8) is 0 Å². The van der Waals surface area contributed by atoms with Gasteiger partial charge in [0, 0.05) is 18.0 Å². The van der Waals surface area contributed by atoms with E-state index >= 15 is 0 Å². The Labute approximate surface area is 140 Å². The highest BCUT2D eigenvalue weighted by atomic mass is 32.2. The molecule has 1 atom stereocenters. The molecule has 0 bridgehead atoms. The fraction of sp³-hybridized carbons (Fsp3) is 0.375. The summed E-state index contributed by atoms with van der Waals surface area (Å²) in [6.07, 6.45) is -0.259. The molecule has 1 saturated heterocycles. The fourth-order valence-electron chi connectivity index (χ4n) is 2.54. The molecule has 2 heterocycles. The molecule has 1 aromatic carbocycles. The van der Waals surface area contributed by atoms with Gasteiger partial charge in [0.1, 0.15) is 9.96 Å². The topological polar surface area (TPSA) is 55.8 Å². The Morgan fingerprint density at radius 3 is 2.57 bits per heavy atom. The van der Waals surface area contributed by atoms with Crippen molar-refractivity contribution in [3.05, 3.63) is 46.8 Å². The van der Waals surface area contributed by atoms with E-state index in [0.29, 0.717) is 23.9 Å². The first-order valence-electron chi connectivity index (χ1n) is 7.33. The van der Waals surface area contributed by atoms with Crippen molar-refractivity contribution in [2.75, 3.05) is 26.8 Å². The molecule has 23 heavy (non-hydrogen) atoms. The highest BCUT2D eigenvalue weighted by Crippen LogP contribution is 2.30. The summed E-state index contributed by atoms with van der Waals surface area (Å²) in [6, 6.07) is 11.0. The van der Waals surface area contributed by atoms with E-state index in [1.54, 1.807) is 13.2 Å². The molecule has 0 spiro atoms. The van der Waals surface area contributed by atoms with Crippen LogP contribution in [0.25, 0.3) is 0 Å². The zero-order valence-corrected chi connectivity index (χ0v) is 14.7. The molecule has 1 aliphatic heterocycles. The van der Waals surface area contributed by atoms with Gasteiger partial charge in [-0.15, -0.1) is 11.3 Å². The normalized spacial score (nSPS) is 19.7. The lowest BCUT2D eigenvalue weighted by molar-refractivity contribution is -0.00251. The van der Waals surface area contributed by atoms with Crippen LogP contribution in [0.3, 0.4) is 0 Å². The Balaban J connectivity index is 1.80. The first kappa shape index (κ1) is 16.4. The van der Waals surface area contributed by atoms with Crippen molar-refractivity contribution in [1.29, 1.82) is 0 Å². The Kier molecular flexibility index (Phi) is 4.72. The molecule has 0 amide bonds. The van der Waals surface area contributed by atoms with E-state index in [1.807, 2.05) is 37.3 Å². The molecule has 0 saturated carbocycles. The number of hydrogen-bond donors (Lipinski definition) is 0. The molecule has 1 aromatic heterocycles. The van der Waals surface area contributed by atoms with Crippen LogP contribution in [0.4, 0.5) is 0 Å². The van der Waals surface area contributed by atoms with Gasteiger partial charge in [-0.3, -0.25) is 0 Å². The number of aryl methyl sites for hydroxylation is 1. The average Bonchev–Trinajstić information content (AvgIpc) is 3.02. The number of benzene rings is 1. The zero-order chi connectivity index (χ0) is 16.4. The van der Waals surface area contributed by atoms with E-state index in [0.717, 1.165) is 16.2 Å². The summed E-state index contributed by atoms with van der Waals surface area (Å²) in [6.45, 7) is 3.00. The van der Waals surface area contributed by atoms with E-state index in [9.17, 15) is 8.42 Å². The van der Waals surface area contributed by atoms with E-state index in [2.05, 4.69) is 0 Å². The molecule has 7 heteroatoms. The Morgan fingerprint density at radius 1 is 1.22 bits per heavy atom. The molecule has 1 unspecified atom stereocenters. The maximum absolute atomic E-state index is 12.7. The summed E-state index contributed by atoms with van der Waals surface area (Å²) in [5, 5.41) is 0. The predicted molar refractivity (Wildman–Crippen MR) is 89.5 cm³/mol. The van der Waals surface area contributed by atoms with Gasteiger partial charge < -0.3 is 9.47 Å². The molecule has 0 radical (unpaired) electrons. The number of rotatable bonds is 4. The second-order valence-corrected chi connectivity index (χ2v) is 8.81. The molecule has 124 valence electrons. The zero-order valence-electron chi connectivity index (χ0n) is 13.1. The van der Waals surface area contributed by atoms with Crippen LogP contribution in [0.1, 0.15) is 16.5 Å². The summed E-state index contributed by atoms with van der Waals surface area (Å²) >= 11 is 1.30. The molecule has 1 fully saturated rings. The van der Waals surface area contributed by atoms with Crippen LogP contribution in [0, 0.1) is 6.92 Å². The molecular formula is C16H19NO4S2. The summed E-state index contributed by atoms with van der Waals surface area (Å²) < 4.78 is 38.3. The minimum absolute atomic E-state index is 0.259. The summed E-state index contributed by atoms with van der Waals surface area (Å²) in [4.78, 5) is 0.989. The number of ether oxygens (including phenoxy) is 2. The summed E-state index contributed by atoms with van der Waals surface area (Å²) in [5.74, 6) is 0.767. The standard InChI is InChI=1S/C16H19NO4S2/c1-12-3-8-16(22-12)23(18,19)17-9-10-21-15(11-17)13-4-6-14(20-2)7-5-13/h3-8,15H,9-11H2,1-2H3. The van der Waals surface area contributed by atoms with Crippen LogP contribution < -0.4 is 4.74 Å². The van der Waals surface area contributed by atoms with Crippen molar-refractivity contribution >= 4 is 21.4 Å². The lowest BCUT2D eigenvalue weighted by Crippen LogP contribution is -2.41. The Morgan fingerprint density at radius 2 is 1.96 bits per heavy atom. The molecule has 0 N–H and O–H groups in total. The lowest BCUT2D eigenvalue weighted by Gasteiger charge is -2.32. The van der Waals surface area contributed by atoms with Gasteiger partial charge >= 0.3 is 0 Å². The minimum atomic E-state index is -3.45. The molecule has 3 rings (SSSR count). The summed E-state index contributed by atoms with van der Waals surface area (Å²) in [5.41, 5.74) is 0.952. The maximum Gasteiger partial charge on any atom is 0.252 e. The third-order valence-electron chi connectivity index (χ3n) is 3.83. The van der Waals surface area contributed by atoms with Crippen molar-refractivity contribution in [3.8, 4) is 5.75 Å². The van der Waals surface area contributed by atoms with Crippen molar-refractivity contribution in [2.24, 2.45) is 0 Å². The molecule has 2 aromatic rings. The van der Waals surface area contributed by atoms with Crippen LogP contribution in [0.15, 0.2) is 40.6 Å². The average molecular weight is 353 g/mol. The predicted octanol–water partition coefficient (Wildman–Crippen LogP) is 2.83. The van der Waals surface area contributed by atoms with E-state index in [-0.39, 0.29) is 6.10 Å². The van der Waals surface area contributed by atoms with Gasteiger partial charge in [0.05, 0.1) is 19.8 Å². The number of hydrogen-bond acceptors (Lipinski definition) is 5. The third kappa shape index (κ3) is 3.42. The van der Waals surface area contributed by atoms with Crippen LogP contribution in [-0.4, -0.2) is 39.5 Å². The van der Waals surface area contributed by atoms with Crippen molar-refractivity contribution in [2.45, 2.75) is 17.2 Å². The van der Waals surface area contributed by atoms with Gasteiger partial charge in [0.2, 0.25) is 0 Å². The maximum atomic E-state index is 12.7. The Bertz CT molecular complexity index is 768. The minimum Gasteiger partial charge on any atom is -0.497 e. The largest absolute Gasteiger partial charge is 0.497 e. The molecule has 5 nitrogen and oxygen atoms in total. The highest BCUT2D eigenvalue weighted by molar-refractivity contribution is 7.91. The highest BCUT2D eigenvalue weighted by Gasteiger charge is 2.32. The quantitative estimate of drug-likeness (QED) is 0.848. The number of sulfonamides is 1. The van der Waals surface area contributed by atoms with Gasteiger partial charge in [0.25, 0.3) is 10.0 Å². The van der Waals surface area contributed by atoms with Crippen LogP contribution in [-0.2, 0) is 14.8 Å². The van der Waals surface area contributed by atoms with Crippen LogP contribution in [0.5, 0.6) is 5.75 Å². The van der Waals surface area contributed by atoms with E-state index in [4.69, 9.17) is 9.47 Å². The lowest BCUT2D eigenvalue weighted by atomic mass is 10.1. The number of nitrogens with zero attached hydrogens (tertiary/aromatic N) is 1. The van der Waals surface area contributed by atoms with E-state index < -0.39 is 10.0 Å². The number of morpholine rings is 1. The smallest absolute Gasteiger partial charge is 0.252 e. The van der Waals surface area contributed by atoms with Gasteiger partial charge in [-0.2, -0.15) is 4.31 Å². The molecular weight excluding hydrogens is 334 g/mol. The summed E-state index contributed by atoms with van der Waals surface area (Å²) in [7, 11) is -1.83. The van der Waals surface area contributed by atoms with Crippen molar-refractivity contribution < 1.29 is 17.9 Å². The van der Waals surface area contributed by atoms with E-state index in [1.165, 1.54) is 15.6 Å². The second-order valence-electron chi connectivity index (χ2n) is 5.36. The van der Waals surface area contributed by atoms with Gasteiger partial charge in [0.15, 0.2) is 0 Å². The van der Waals surface area contributed by atoms with Gasteiger partial charge in [-0.25, -0.2) is 8.42 Å². The first-order valence-corrected chi connectivity index (χ1v) is 9.58. The second kappa shape index (κ2) is 6.60. The third-order valence-corrected chi connectivity index (χ3v) is 7.16. The SMILES string of the molecule is COc1ccc(C2CN(S(=O)(=O)c3ccc(C)s3)CCO2)cc1. The van der Waals surface area contributed by atoms with Gasteiger partial charge in [-0.05, 0) is 36.8 Å².